The number of Topliss-reactive ketones (excluding diaryl/α,β-unsaturated/α-hetero) is 1. The Balaban J connectivity index is 1.32. The normalized spacial score (nSPS) is 11.9. The Hall–Kier alpha value is -5.92. The van der Waals surface area contributed by atoms with E-state index in [-0.39, 0.29) is 48.2 Å². The number of ether oxygens (including phenoxy) is 1. The summed E-state index contributed by atoms with van der Waals surface area (Å²) >= 11 is 0. The number of hydrogen-bond donors (Lipinski definition) is 2. The fraction of sp³-hybridized carbons (Fsp3) is 0.212. The van der Waals surface area contributed by atoms with Gasteiger partial charge in [0.1, 0.15) is 23.4 Å². The highest BCUT2D eigenvalue weighted by molar-refractivity contribution is 5.95. The second kappa shape index (κ2) is 14.5. The number of allylic oxidation sites excluding steroid dienone is 1. The van der Waals surface area contributed by atoms with E-state index in [1.807, 2.05) is 0 Å². The van der Waals surface area contributed by atoms with Gasteiger partial charge in [0.15, 0.2) is 23.1 Å². The number of carbonyl (C=O) groups excluding carboxylic acids is 3. The number of nitrogens with zero attached hydrogens (tertiary/aromatic N) is 4. The number of carbonyl (C=O) groups is 3. The lowest BCUT2D eigenvalue weighted by atomic mass is 10.0. The number of rotatable bonds is 13. The largest absolute Gasteiger partial charge is 0.452 e. The minimum Gasteiger partial charge on any atom is -0.452 e. The van der Waals surface area contributed by atoms with Crippen molar-refractivity contribution in [1.29, 1.82) is 0 Å². The summed E-state index contributed by atoms with van der Waals surface area (Å²) in [5, 5.41) is 2.62. The average Bonchev–Trinajstić information content (AvgIpc) is 3.73. The summed E-state index contributed by atoms with van der Waals surface area (Å²) < 4.78 is 39.6. The number of H-pyrrole nitrogens is 1. The number of oxazole rings is 1. The van der Waals surface area contributed by atoms with Crippen LogP contribution in [0.2, 0.25) is 0 Å². The number of aromatic amines is 1. The van der Waals surface area contributed by atoms with Crippen LogP contribution in [0.25, 0.3) is 11.0 Å². The fourth-order valence-electron chi connectivity index (χ4n) is 4.67. The number of fused-ring (bicyclic) bond motifs is 1. The molecule has 2 amide bonds. The highest BCUT2D eigenvalue weighted by atomic mass is 19.1. The van der Waals surface area contributed by atoms with E-state index in [4.69, 9.17) is 9.15 Å². The first-order valence-electron chi connectivity index (χ1n) is 14.5. The highest BCUT2D eigenvalue weighted by Crippen LogP contribution is 2.30. The van der Waals surface area contributed by atoms with Gasteiger partial charge in [-0.2, -0.15) is 0 Å². The molecule has 5 aromatic rings. The number of imidazole rings is 1. The van der Waals surface area contributed by atoms with Crippen LogP contribution in [0.5, 0.6) is 11.5 Å². The lowest BCUT2D eigenvalue weighted by Crippen LogP contribution is -2.42. The second-order valence-corrected chi connectivity index (χ2v) is 10.7. The molecule has 0 saturated carbocycles. The van der Waals surface area contributed by atoms with Gasteiger partial charge in [-0.1, -0.05) is 18.2 Å². The maximum absolute atomic E-state index is 14.2. The van der Waals surface area contributed by atoms with Gasteiger partial charge in [0.2, 0.25) is 5.91 Å². The van der Waals surface area contributed by atoms with Crippen molar-refractivity contribution >= 4 is 28.6 Å². The summed E-state index contributed by atoms with van der Waals surface area (Å²) in [5.74, 6) is -2.73. The SMILES string of the molecule is CN(C)C(=O)/C=C/CC[C@H](NC(=O)c1ncco1)C(=O)Cc1cccn(Cc2nc3c(Oc4ccc(F)cc4F)cccc3[nH]2)c1=O. The Morgan fingerprint density at radius 3 is 2.70 bits per heavy atom. The molecule has 0 radical (unpaired) electrons. The molecule has 0 aliphatic carbocycles. The molecule has 2 N–H and O–H groups in total. The molecule has 0 unspecified atom stereocenters. The van der Waals surface area contributed by atoms with Gasteiger partial charge in [-0.05, 0) is 49.2 Å². The first kappa shape index (κ1) is 32.5. The van der Waals surface area contributed by atoms with Crippen LogP contribution in [0.1, 0.15) is 34.9 Å². The van der Waals surface area contributed by atoms with Crippen molar-refractivity contribution in [1.82, 2.24) is 29.7 Å². The number of hydrogen-bond acceptors (Lipinski definition) is 8. The molecule has 0 aliphatic heterocycles. The third-order valence-electron chi connectivity index (χ3n) is 7.07. The molecule has 0 bridgehead atoms. The molecule has 12 nitrogen and oxygen atoms in total. The first-order chi connectivity index (χ1) is 22.6. The number of aromatic nitrogens is 4. The van der Waals surface area contributed by atoms with Gasteiger partial charge >= 0.3 is 5.91 Å². The van der Waals surface area contributed by atoms with E-state index in [0.29, 0.717) is 29.3 Å². The zero-order valence-corrected chi connectivity index (χ0v) is 25.4. The van der Waals surface area contributed by atoms with Crippen LogP contribution in [0, 0.1) is 11.6 Å². The third kappa shape index (κ3) is 8.03. The van der Waals surface area contributed by atoms with Gasteiger partial charge in [-0.15, -0.1) is 0 Å². The molecule has 1 atom stereocenters. The van der Waals surface area contributed by atoms with E-state index < -0.39 is 34.9 Å². The number of likely N-dealkylation sites (N-methyl/N-ethyl adjacent to an activating group) is 1. The Morgan fingerprint density at radius 2 is 1.96 bits per heavy atom. The van der Waals surface area contributed by atoms with Crippen LogP contribution < -0.4 is 15.6 Å². The monoisotopic (exact) mass is 644 g/mol. The summed E-state index contributed by atoms with van der Waals surface area (Å²) in [4.78, 5) is 64.2. The number of para-hydroxylation sites is 1. The second-order valence-electron chi connectivity index (χ2n) is 10.7. The van der Waals surface area contributed by atoms with Crippen molar-refractivity contribution in [2.45, 2.75) is 31.8 Å². The van der Waals surface area contributed by atoms with Gasteiger partial charge < -0.3 is 28.9 Å². The van der Waals surface area contributed by atoms with Crippen molar-refractivity contribution in [3.05, 3.63) is 119 Å². The van der Waals surface area contributed by atoms with Gasteiger partial charge in [-0.25, -0.2) is 18.7 Å². The van der Waals surface area contributed by atoms with Crippen LogP contribution in [0.4, 0.5) is 8.78 Å². The maximum atomic E-state index is 14.2. The number of amides is 2. The Kier molecular flexibility index (Phi) is 9.99. The predicted octanol–water partition coefficient (Wildman–Crippen LogP) is 4.17. The summed E-state index contributed by atoms with van der Waals surface area (Å²) in [5.41, 5.74) is 0.681. The average molecular weight is 645 g/mol. The van der Waals surface area contributed by atoms with E-state index in [2.05, 4.69) is 20.3 Å². The lowest BCUT2D eigenvalue weighted by molar-refractivity contribution is -0.123. The molecule has 3 heterocycles. The smallest absolute Gasteiger partial charge is 0.307 e. The molecular formula is C33H30F2N6O6. The molecular weight excluding hydrogens is 614 g/mol. The van der Waals surface area contributed by atoms with Crippen molar-refractivity contribution < 1.29 is 32.3 Å². The molecule has 0 aliphatic rings. The van der Waals surface area contributed by atoms with E-state index in [1.165, 1.54) is 40.1 Å². The van der Waals surface area contributed by atoms with E-state index >= 15 is 0 Å². The topological polar surface area (TPSA) is 152 Å². The maximum Gasteiger partial charge on any atom is 0.307 e. The van der Waals surface area contributed by atoms with Crippen LogP contribution >= 0.6 is 0 Å². The molecule has 14 heteroatoms. The third-order valence-corrected chi connectivity index (χ3v) is 7.07. The van der Waals surface area contributed by atoms with Gasteiger partial charge in [0.25, 0.3) is 11.4 Å². The molecule has 3 aromatic heterocycles. The van der Waals surface area contributed by atoms with E-state index in [0.717, 1.165) is 6.07 Å². The zero-order valence-electron chi connectivity index (χ0n) is 25.4. The number of ketones is 1. The zero-order chi connectivity index (χ0) is 33.5. The number of halogens is 2. The molecule has 242 valence electrons. The summed E-state index contributed by atoms with van der Waals surface area (Å²) in [6.07, 6.45) is 7.24. The fourth-order valence-corrected chi connectivity index (χ4v) is 4.67. The van der Waals surface area contributed by atoms with Gasteiger partial charge in [0, 0.05) is 38.3 Å². The summed E-state index contributed by atoms with van der Waals surface area (Å²) in [7, 11) is 3.22. The first-order valence-corrected chi connectivity index (χ1v) is 14.5. The van der Waals surface area contributed by atoms with Crippen molar-refractivity contribution in [2.24, 2.45) is 0 Å². The molecule has 0 fully saturated rings. The highest BCUT2D eigenvalue weighted by Gasteiger charge is 2.24. The lowest BCUT2D eigenvalue weighted by Gasteiger charge is -2.16. The molecule has 47 heavy (non-hydrogen) atoms. The minimum absolute atomic E-state index is 0.00885. The molecule has 5 rings (SSSR count). The van der Waals surface area contributed by atoms with E-state index in [1.54, 1.807) is 50.6 Å². The quantitative estimate of drug-likeness (QED) is 0.181. The molecule has 2 aromatic carbocycles. The Morgan fingerprint density at radius 1 is 1.13 bits per heavy atom. The Bertz CT molecular complexity index is 2000. The minimum atomic E-state index is -0.999. The number of benzene rings is 2. The Labute approximate surface area is 266 Å². The molecule has 0 saturated heterocycles. The van der Waals surface area contributed by atoms with Gasteiger partial charge in [-0.3, -0.25) is 19.2 Å². The van der Waals surface area contributed by atoms with Crippen LogP contribution in [0.3, 0.4) is 0 Å². The summed E-state index contributed by atoms with van der Waals surface area (Å²) in [6.45, 7) is 0.00885. The molecule has 0 spiro atoms. The van der Waals surface area contributed by atoms with Crippen molar-refractivity contribution in [3.63, 3.8) is 0 Å². The van der Waals surface area contributed by atoms with Gasteiger partial charge in [0.05, 0.1) is 24.3 Å². The van der Waals surface area contributed by atoms with E-state index in [9.17, 15) is 28.0 Å². The van der Waals surface area contributed by atoms with Crippen molar-refractivity contribution in [3.8, 4) is 11.5 Å². The predicted molar refractivity (Wildman–Crippen MR) is 166 cm³/mol. The number of nitrogens with one attached hydrogen (secondary N) is 2. The summed E-state index contributed by atoms with van der Waals surface area (Å²) in [6, 6.07) is 10.1. The van der Waals surface area contributed by atoms with Crippen LogP contribution in [0.15, 0.2) is 88.6 Å². The van der Waals surface area contributed by atoms with Crippen LogP contribution in [-0.4, -0.2) is 62.2 Å². The number of pyridine rings is 1. The van der Waals surface area contributed by atoms with Crippen LogP contribution in [-0.2, 0) is 22.6 Å². The van der Waals surface area contributed by atoms with Crippen molar-refractivity contribution in [2.75, 3.05) is 14.1 Å². The standard InChI is InChI=1S/C33H30F2N6O6/c1-40(2)29(43)11-4-3-8-23(38-31(44)32-36-14-16-46-32)25(42)17-20-7-6-15-41(33(20)45)19-28-37-24-9-5-10-27(30(24)39-28)47-26-13-12-21(34)18-22(26)35/h4-7,9-16,18,23H,3,8,17,19H2,1-2H3,(H,37,39)(H,38,44)/b11-4+/t23-/m0/s1.